The number of carbonyl (C=O) groups is 1. The Morgan fingerprint density at radius 2 is 2.22 bits per heavy atom. The van der Waals surface area contributed by atoms with E-state index < -0.39 is 5.82 Å². The lowest BCUT2D eigenvalue weighted by Gasteiger charge is -2.11. The van der Waals surface area contributed by atoms with Crippen LogP contribution >= 0.6 is 11.6 Å². The molecule has 1 aromatic rings. The normalized spacial score (nSPS) is 12.2. The van der Waals surface area contributed by atoms with Crippen molar-refractivity contribution in [3.8, 4) is 0 Å². The summed E-state index contributed by atoms with van der Waals surface area (Å²) in [5, 5.41) is 2.71. The number of nitrogens with two attached hydrogens (primary N) is 1. The van der Waals surface area contributed by atoms with Crippen molar-refractivity contribution >= 4 is 23.2 Å². The molecule has 1 aromatic carbocycles. The molecule has 3 N–H and O–H groups in total. The third kappa shape index (κ3) is 4.63. The van der Waals surface area contributed by atoms with Crippen molar-refractivity contribution in [2.75, 3.05) is 11.9 Å². The van der Waals surface area contributed by atoms with E-state index in [-0.39, 0.29) is 16.6 Å². The van der Waals surface area contributed by atoms with Crippen molar-refractivity contribution in [1.82, 2.24) is 0 Å². The molecular weight excluding hydrogens is 255 g/mol. The fraction of sp³-hybridized carbons (Fsp3) is 0.462. The van der Waals surface area contributed by atoms with E-state index in [1.807, 2.05) is 6.92 Å². The van der Waals surface area contributed by atoms with Crippen molar-refractivity contribution in [2.24, 2.45) is 11.7 Å². The Morgan fingerprint density at radius 3 is 2.83 bits per heavy atom. The second-order valence-corrected chi connectivity index (χ2v) is 4.77. The third-order valence-corrected chi connectivity index (χ3v) is 3.07. The minimum absolute atomic E-state index is 0.0515. The molecule has 1 rings (SSSR count). The third-order valence-electron chi connectivity index (χ3n) is 2.75. The summed E-state index contributed by atoms with van der Waals surface area (Å²) in [5.74, 6) is -0.367. The van der Waals surface area contributed by atoms with Gasteiger partial charge in [-0.05, 0) is 37.4 Å². The van der Waals surface area contributed by atoms with Crippen LogP contribution in [0.4, 0.5) is 10.1 Å². The number of anilines is 1. The molecule has 0 bridgehead atoms. The number of para-hydroxylation sites is 1. The largest absolute Gasteiger partial charge is 0.330 e. The molecule has 1 unspecified atom stereocenters. The predicted molar refractivity (Wildman–Crippen MR) is 72.1 cm³/mol. The van der Waals surface area contributed by atoms with Crippen LogP contribution in [0.2, 0.25) is 5.02 Å². The van der Waals surface area contributed by atoms with Gasteiger partial charge in [-0.3, -0.25) is 4.79 Å². The monoisotopic (exact) mass is 272 g/mol. The quantitative estimate of drug-likeness (QED) is 0.836. The number of nitrogens with one attached hydrogen (secondary N) is 1. The zero-order chi connectivity index (χ0) is 13.5. The predicted octanol–water partition coefficient (Wildman–Crippen LogP) is 3.18. The molecule has 1 atom stereocenters. The van der Waals surface area contributed by atoms with E-state index in [4.69, 9.17) is 17.3 Å². The summed E-state index contributed by atoms with van der Waals surface area (Å²) in [5.41, 5.74) is 5.48. The summed E-state index contributed by atoms with van der Waals surface area (Å²) in [7, 11) is 0. The maximum atomic E-state index is 13.4. The van der Waals surface area contributed by atoms with Gasteiger partial charge in [-0.1, -0.05) is 24.6 Å². The summed E-state index contributed by atoms with van der Waals surface area (Å²) >= 11 is 5.81. The number of hydrogen-bond donors (Lipinski definition) is 2. The Hall–Kier alpha value is -1.13. The number of halogens is 2. The van der Waals surface area contributed by atoms with Gasteiger partial charge in [0, 0.05) is 6.42 Å². The van der Waals surface area contributed by atoms with Crippen LogP contribution in [0.5, 0.6) is 0 Å². The van der Waals surface area contributed by atoms with Crippen LogP contribution in [-0.2, 0) is 4.79 Å². The van der Waals surface area contributed by atoms with E-state index >= 15 is 0 Å². The van der Waals surface area contributed by atoms with E-state index in [0.717, 1.165) is 12.8 Å². The van der Waals surface area contributed by atoms with Crippen molar-refractivity contribution < 1.29 is 9.18 Å². The maximum absolute atomic E-state index is 13.4. The van der Waals surface area contributed by atoms with E-state index in [1.165, 1.54) is 18.2 Å². The van der Waals surface area contributed by atoms with Gasteiger partial charge in [-0.25, -0.2) is 4.39 Å². The SMILES string of the molecule is CC(CCN)CCC(=O)Nc1c(F)cccc1Cl. The van der Waals surface area contributed by atoms with Crippen molar-refractivity contribution in [2.45, 2.75) is 26.2 Å². The minimum Gasteiger partial charge on any atom is -0.330 e. The van der Waals surface area contributed by atoms with Gasteiger partial charge in [-0.2, -0.15) is 0 Å². The van der Waals surface area contributed by atoms with Crippen LogP contribution < -0.4 is 11.1 Å². The van der Waals surface area contributed by atoms with Gasteiger partial charge >= 0.3 is 0 Å². The van der Waals surface area contributed by atoms with Gasteiger partial charge in [0.25, 0.3) is 0 Å². The second kappa shape index (κ2) is 7.34. The molecule has 0 aliphatic carbocycles. The van der Waals surface area contributed by atoms with E-state index in [9.17, 15) is 9.18 Å². The zero-order valence-corrected chi connectivity index (χ0v) is 11.1. The molecule has 1 amide bonds. The average molecular weight is 273 g/mol. The lowest BCUT2D eigenvalue weighted by molar-refractivity contribution is -0.116. The Morgan fingerprint density at radius 1 is 1.50 bits per heavy atom. The van der Waals surface area contributed by atoms with Crippen LogP contribution in [0, 0.1) is 11.7 Å². The molecule has 0 heterocycles. The first-order valence-corrected chi connectivity index (χ1v) is 6.36. The van der Waals surface area contributed by atoms with Gasteiger partial charge in [-0.15, -0.1) is 0 Å². The highest BCUT2D eigenvalue weighted by atomic mass is 35.5. The van der Waals surface area contributed by atoms with Crippen LogP contribution in [0.3, 0.4) is 0 Å². The first-order chi connectivity index (χ1) is 8.54. The molecule has 5 heteroatoms. The van der Waals surface area contributed by atoms with E-state index in [1.54, 1.807) is 0 Å². The molecular formula is C13H18ClFN2O. The molecule has 0 aliphatic rings. The van der Waals surface area contributed by atoms with Gasteiger partial charge in [0.2, 0.25) is 5.91 Å². The van der Waals surface area contributed by atoms with Gasteiger partial charge in [0.05, 0.1) is 10.7 Å². The average Bonchev–Trinajstić information content (AvgIpc) is 2.32. The van der Waals surface area contributed by atoms with E-state index in [2.05, 4.69) is 5.32 Å². The maximum Gasteiger partial charge on any atom is 0.224 e. The number of benzene rings is 1. The fourth-order valence-electron chi connectivity index (χ4n) is 1.63. The van der Waals surface area contributed by atoms with Crippen LogP contribution in [-0.4, -0.2) is 12.5 Å². The summed E-state index contributed by atoms with van der Waals surface area (Å²) in [6, 6.07) is 4.30. The Labute approximate surface area is 112 Å². The summed E-state index contributed by atoms with van der Waals surface area (Å²) < 4.78 is 13.4. The first-order valence-electron chi connectivity index (χ1n) is 5.98. The topological polar surface area (TPSA) is 55.1 Å². The van der Waals surface area contributed by atoms with Gasteiger partial charge in [0.1, 0.15) is 5.82 Å². The molecule has 0 saturated heterocycles. The number of amides is 1. The molecule has 0 aliphatic heterocycles. The molecule has 0 fully saturated rings. The highest BCUT2D eigenvalue weighted by molar-refractivity contribution is 6.33. The fourth-order valence-corrected chi connectivity index (χ4v) is 1.84. The standard InChI is InChI=1S/C13H18ClFN2O/c1-9(7-8-16)5-6-12(18)17-13-10(14)3-2-4-11(13)15/h2-4,9H,5-8,16H2,1H3,(H,17,18). The smallest absolute Gasteiger partial charge is 0.224 e. The Bertz CT molecular complexity index is 392. The van der Waals surface area contributed by atoms with E-state index in [0.29, 0.717) is 18.9 Å². The Balaban J connectivity index is 2.50. The highest BCUT2D eigenvalue weighted by Crippen LogP contribution is 2.24. The van der Waals surface area contributed by atoms with Crippen molar-refractivity contribution in [1.29, 1.82) is 0 Å². The first kappa shape index (κ1) is 14.9. The summed E-state index contributed by atoms with van der Waals surface area (Å²) in [6.45, 7) is 2.65. The number of rotatable bonds is 6. The molecule has 0 aromatic heterocycles. The van der Waals surface area contributed by atoms with Gasteiger partial charge < -0.3 is 11.1 Å². The number of hydrogen-bond acceptors (Lipinski definition) is 2. The lowest BCUT2D eigenvalue weighted by atomic mass is 10.0. The summed E-state index contributed by atoms with van der Waals surface area (Å²) in [6.07, 6.45) is 1.95. The molecule has 18 heavy (non-hydrogen) atoms. The minimum atomic E-state index is -0.522. The molecule has 3 nitrogen and oxygen atoms in total. The summed E-state index contributed by atoms with van der Waals surface area (Å²) in [4.78, 5) is 11.7. The second-order valence-electron chi connectivity index (χ2n) is 4.37. The molecule has 0 saturated carbocycles. The molecule has 0 spiro atoms. The van der Waals surface area contributed by atoms with Gasteiger partial charge in [0.15, 0.2) is 0 Å². The van der Waals surface area contributed by atoms with Crippen molar-refractivity contribution in [3.63, 3.8) is 0 Å². The van der Waals surface area contributed by atoms with Crippen LogP contribution in [0.1, 0.15) is 26.2 Å². The number of carbonyl (C=O) groups excluding carboxylic acids is 1. The van der Waals surface area contributed by atoms with Crippen molar-refractivity contribution in [3.05, 3.63) is 29.0 Å². The molecule has 0 radical (unpaired) electrons. The Kier molecular flexibility index (Phi) is 6.09. The van der Waals surface area contributed by atoms with Crippen LogP contribution in [0.25, 0.3) is 0 Å². The lowest BCUT2D eigenvalue weighted by Crippen LogP contribution is -2.15. The zero-order valence-electron chi connectivity index (χ0n) is 10.4. The molecule has 100 valence electrons. The van der Waals surface area contributed by atoms with Crippen LogP contribution in [0.15, 0.2) is 18.2 Å². The highest BCUT2D eigenvalue weighted by Gasteiger charge is 2.11.